The van der Waals surface area contributed by atoms with Gasteiger partial charge in [0.15, 0.2) is 11.9 Å². The number of esters is 1. The van der Waals surface area contributed by atoms with E-state index in [0.29, 0.717) is 17.2 Å². The summed E-state index contributed by atoms with van der Waals surface area (Å²) in [4.78, 5) is 23.0. The molecule has 0 saturated heterocycles. The number of rotatable bonds is 6. The molecule has 0 heterocycles. The van der Waals surface area contributed by atoms with Crippen LogP contribution in [0.25, 0.3) is 0 Å². The molecular weight excluding hydrogens is 256 g/mol. The van der Waals surface area contributed by atoms with Gasteiger partial charge in [0.25, 0.3) is 0 Å². The van der Waals surface area contributed by atoms with E-state index < -0.39 is 12.1 Å². The molecular formula is C16H20O4. The summed E-state index contributed by atoms with van der Waals surface area (Å²) in [6.07, 6.45) is -1.78. The van der Waals surface area contributed by atoms with Crippen LogP contribution in [-0.2, 0) is 9.59 Å². The first kappa shape index (κ1) is 16.1. The Kier molecular flexibility index (Phi) is 5.65. The predicted molar refractivity (Wildman–Crippen MR) is 76.6 cm³/mol. The third-order valence-corrected chi connectivity index (χ3v) is 2.89. The maximum atomic E-state index is 11.6. The van der Waals surface area contributed by atoms with Crippen molar-refractivity contribution in [3.05, 3.63) is 42.0 Å². The highest BCUT2D eigenvalue weighted by molar-refractivity contribution is 5.97. The standard InChI is InChI=1S/C16H20O4/c1-10(2)12-5-7-13(8-6-12)20-16(19)15(18)9-14(17)11(3)4/h5-8,10,15,18H,3,9H2,1-2,4H3. The van der Waals surface area contributed by atoms with Crippen LogP contribution in [-0.4, -0.2) is 23.0 Å². The molecule has 1 aromatic rings. The van der Waals surface area contributed by atoms with Crippen LogP contribution in [0.4, 0.5) is 0 Å². The minimum absolute atomic E-state index is 0.304. The lowest BCUT2D eigenvalue weighted by molar-refractivity contribution is -0.145. The second-order valence-corrected chi connectivity index (χ2v) is 5.07. The average Bonchev–Trinajstić information content (AvgIpc) is 2.38. The number of ketones is 1. The fourth-order valence-corrected chi connectivity index (χ4v) is 1.54. The van der Waals surface area contributed by atoms with Crippen molar-refractivity contribution in [1.82, 2.24) is 0 Å². The molecule has 4 heteroatoms. The fourth-order valence-electron chi connectivity index (χ4n) is 1.54. The van der Waals surface area contributed by atoms with Gasteiger partial charge in [-0.15, -0.1) is 0 Å². The van der Waals surface area contributed by atoms with Crippen molar-refractivity contribution in [2.45, 2.75) is 39.2 Å². The van der Waals surface area contributed by atoms with Gasteiger partial charge in [-0.3, -0.25) is 4.79 Å². The molecule has 0 aliphatic carbocycles. The van der Waals surface area contributed by atoms with Crippen molar-refractivity contribution < 1.29 is 19.4 Å². The molecule has 0 fully saturated rings. The zero-order valence-corrected chi connectivity index (χ0v) is 12.1. The Hall–Kier alpha value is -1.94. The molecule has 1 N–H and O–H groups in total. The molecule has 0 aromatic heterocycles. The molecule has 1 unspecified atom stereocenters. The van der Waals surface area contributed by atoms with E-state index in [0.717, 1.165) is 5.56 Å². The van der Waals surface area contributed by atoms with Crippen LogP contribution >= 0.6 is 0 Å². The van der Waals surface area contributed by atoms with Crippen LogP contribution < -0.4 is 4.74 Å². The van der Waals surface area contributed by atoms with Gasteiger partial charge in [0.2, 0.25) is 0 Å². The zero-order valence-electron chi connectivity index (χ0n) is 12.1. The third-order valence-electron chi connectivity index (χ3n) is 2.89. The van der Waals surface area contributed by atoms with Crippen molar-refractivity contribution >= 4 is 11.8 Å². The molecule has 1 rings (SSSR count). The second kappa shape index (κ2) is 7.01. The van der Waals surface area contributed by atoms with Gasteiger partial charge in [0.05, 0.1) is 0 Å². The molecule has 0 spiro atoms. The molecule has 4 nitrogen and oxygen atoms in total. The number of aliphatic hydroxyl groups is 1. The Morgan fingerprint density at radius 3 is 2.25 bits per heavy atom. The summed E-state index contributed by atoms with van der Waals surface area (Å²) in [6, 6.07) is 7.05. The summed E-state index contributed by atoms with van der Waals surface area (Å²) >= 11 is 0. The number of carbonyl (C=O) groups excluding carboxylic acids is 2. The van der Waals surface area contributed by atoms with Crippen LogP contribution in [0.1, 0.15) is 38.7 Å². The van der Waals surface area contributed by atoms with Crippen molar-refractivity contribution in [1.29, 1.82) is 0 Å². The number of aliphatic hydroxyl groups excluding tert-OH is 1. The van der Waals surface area contributed by atoms with Crippen molar-refractivity contribution in [3.8, 4) is 5.75 Å². The van der Waals surface area contributed by atoms with Gasteiger partial charge in [0.1, 0.15) is 5.75 Å². The van der Waals surface area contributed by atoms with Crippen molar-refractivity contribution in [2.75, 3.05) is 0 Å². The smallest absolute Gasteiger partial charge is 0.340 e. The molecule has 0 aliphatic heterocycles. The highest BCUT2D eigenvalue weighted by Crippen LogP contribution is 2.19. The van der Waals surface area contributed by atoms with Crippen LogP contribution in [0.2, 0.25) is 0 Å². The van der Waals surface area contributed by atoms with Crippen LogP contribution in [0.5, 0.6) is 5.75 Å². The van der Waals surface area contributed by atoms with Crippen LogP contribution in [0, 0.1) is 0 Å². The average molecular weight is 276 g/mol. The molecule has 0 bridgehead atoms. The van der Waals surface area contributed by atoms with Crippen molar-refractivity contribution in [2.24, 2.45) is 0 Å². The lowest BCUT2D eigenvalue weighted by Crippen LogP contribution is -2.28. The van der Waals surface area contributed by atoms with E-state index in [4.69, 9.17) is 4.74 Å². The van der Waals surface area contributed by atoms with E-state index in [1.807, 2.05) is 12.1 Å². The maximum Gasteiger partial charge on any atom is 0.340 e. The minimum atomic E-state index is -1.47. The van der Waals surface area contributed by atoms with E-state index in [2.05, 4.69) is 20.4 Å². The maximum absolute atomic E-state index is 11.6. The fraction of sp³-hybridized carbons (Fsp3) is 0.375. The van der Waals surface area contributed by atoms with E-state index in [1.54, 1.807) is 12.1 Å². The van der Waals surface area contributed by atoms with Crippen LogP contribution in [0.15, 0.2) is 36.4 Å². The number of hydrogen-bond donors (Lipinski definition) is 1. The van der Waals surface area contributed by atoms with Gasteiger partial charge in [-0.1, -0.05) is 32.6 Å². The van der Waals surface area contributed by atoms with Crippen LogP contribution in [0.3, 0.4) is 0 Å². The van der Waals surface area contributed by atoms with Gasteiger partial charge in [-0.05, 0) is 36.1 Å². The van der Waals surface area contributed by atoms with Gasteiger partial charge in [-0.2, -0.15) is 0 Å². The Bertz CT molecular complexity index is 500. The normalized spacial score (nSPS) is 12.1. The van der Waals surface area contributed by atoms with Gasteiger partial charge in [-0.25, -0.2) is 4.79 Å². The summed E-state index contributed by atoms with van der Waals surface area (Å²) in [5, 5.41) is 9.60. The molecule has 20 heavy (non-hydrogen) atoms. The second-order valence-electron chi connectivity index (χ2n) is 5.07. The monoisotopic (exact) mass is 276 g/mol. The lowest BCUT2D eigenvalue weighted by atomic mass is 10.0. The summed E-state index contributed by atoms with van der Waals surface area (Å²) in [6.45, 7) is 9.12. The Balaban J connectivity index is 2.61. The molecule has 0 aliphatic rings. The SMILES string of the molecule is C=C(C)C(=O)CC(O)C(=O)Oc1ccc(C(C)C)cc1. The quantitative estimate of drug-likeness (QED) is 0.493. The lowest BCUT2D eigenvalue weighted by Gasteiger charge is -2.11. The summed E-state index contributed by atoms with van der Waals surface area (Å²) in [5.41, 5.74) is 1.43. The molecule has 0 amide bonds. The largest absolute Gasteiger partial charge is 0.425 e. The molecule has 1 aromatic carbocycles. The molecule has 1 atom stereocenters. The number of allylic oxidation sites excluding steroid dienone is 1. The van der Waals surface area contributed by atoms with Gasteiger partial charge in [0, 0.05) is 6.42 Å². The summed E-state index contributed by atoms with van der Waals surface area (Å²) < 4.78 is 5.02. The van der Waals surface area contributed by atoms with E-state index >= 15 is 0 Å². The number of Topliss-reactive ketones (excluding diaryl/α,β-unsaturated/α-hetero) is 1. The number of benzene rings is 1. The Morgan fingerprint density at radius 2 is 1.80 bits per heavy atom. The highest BCUT2D eigenvalue weighted by Gasteiger charge is 2.21. The van der Waals surface area contributed by atoms with E-state index in [-0.39, 0.29) is 12.2 Å². The third kappa shape index (κ3) is 4.63. The minimum Gasteiger partial charge on any atom is -0.425 e. The van der Waals surface area contributed by atoms with E-state index in [1.165, 1.54) is 6.92 Å². The first-order valence-electron chi connectivity index (χ1n) is 6.49. The van der Waals surface area contributed by atoms with E-state index in [9.17, 15) is 14.7 Å². The highest BCUT2D eigenvalue weighted by atomic mass is 16.5. The number of ether oxygens (including phenoxy) is 1. The first-order chi connectivity index (χ1) is 9.31. The number of carbonyl (C=O) groups is 2. The van der Waals surface area contributed by atoms with Gasteiger partial charge < -0.3 is 9.84 Å². The predicted octanol–water partition coefficient (Wildman–Crippen LogP) is 2.61. The molecule has 0 saturated carbocycles. The first-order valence-corrected chi connectivity index (χ1v) is 6.49. The Morgan fingerprint density at radius 1 is 1.25 bits per heavy atom. The molecule has 108 valence electrons. The summed E-state index contributed by atoms with van der Waals surface area (Å²) in [7, 11) is 0. The topological polar surface area (TPSA) is 63.6 Å². The molecule has 0 radical (unpaired) electrons. The zero-order chi connectivity index (χ0) is 15.3. The Labute approximate surface area is 119 Å². The number of hydrogen-bond acceptors (Lipinski definition) is 4. The summed E-state index contributed by atoms with van der Waals surface area (Å²) in [5.74, 6) is -0.457. The van der Waals surface area contributed by atoms with Gasteiger partial charge >= 0.3 is 5.97 Å². The van der Waals surface area contributed by atoms with Crippen molar-refractivity contribution in [3.63, 3.8) is 0 Å².